The van der Waals surface area contributed by atoms with E-state index >= 15 is 0 Å². The molecule has 1 aromatic heterocycles. The minimum absolute atomic E-state index is 0.119. The number of hydrogen-bond donors (Lipinski definition) is 1. The molecule has 0 unspecified atom stereocenters. The standard InChI is InChI=1S/C24H21N3O5S2/c1-27(15-16-5-3-2-4-6-16)34(29,30)18-9-7-17(8-10-18)23(28)26-24-25-19-13-20-21(14-22(19)33-24)32-12-11-31-20/h2-10,13-14H,11-12,15H2,1H3,(H,25,26,28). The van der Waals surface area contributed by atoms with E-state index in [1.54, 1.807) is 6.07 Å². The zero-order chi connectivity index (χ0) is 23.7. The van der Waals surface area contributed by atoms with Gasteiger partial charge in [0.2, 0.25) is 10.0 Å². The van der Waals surface area contributed by atoms with Gasteiger partial charge in [0.25, 0.3) is 5.91 Å². The lowest BCUT2D eigenvalue weighted by atomic mass is 10.2. The van der Waals surface area contributed by atoms with Crippen LogP contribution in [-0.2, 0) is 16.6 Å². The summed E-state index contributed by atoms with van der Waals surface area (Å²) >= 11 is 1.32. The molecule has 3 aromatic carbocycles. The van der Waals surface area contributed by atoms with E-state index in [1.165, 1.54) is 47.0 Å². The highest BCUT2D eigenvalue weighted by Crippen LogP contribution is 2.37. The lowest BCUT2D eigenvalue weighted by molar-refractivity contribution is 0.102. The Morgan fingerprint density at radius 1 is 1.03 bits per heavy atom. The number of sulfonamides is 1. The number of hydrogen-bond acceptors (Lipinski definition) is 7. The van der Waals surface area contributed by atoms with E-state index < -0.39 is 10.0 Å². The quantitative estimate of drug-likeness (QED) is 0.432. The molecule has 5 rings (SSSR count). The zero-order valence-electron chi connectivity index (χ0n) is 18.2. The monoisotopic (exact) mass is 495 g/mol. The van der Waals surface area contributed by atoms with Gasteiger partial charge in [0.15, 0.2) is 16.6 Å². The maximum Gasteiger partial charge on any atom is 0.257 e. The van der Waals surface area contributed by atoms with Crippen molar-refractivity contribution in [1.82, 2.24) is 9.29 Å². The summed E-state index contributed by atoms with van der Waals surface area (Å²) in [7, 11) is -2.16. The van der Waals surface area contributed by atoms with Gasteiger partial charge in [0, 0.05) is 31.3 Å². The van der Waals surface area contributed by atoms with Crippen LogP contribution in [0.25, 0.3) is 10.2 Å². The van der Waals surface area contributed by atoms with Gasteiger partial charge in [-0.2, -0.15) is 4.31 Å². The summed E-state index contributed by atoms with van der Waals surface area (Å²) in [6.07, 6.45) is 0. The van der Waals surface area contributed by atoms with Crippen molar-refractivity contribution in [3.8, 4) is 11.5 Å². The Labute approximate surface area is 200 Å². The van der Waals surface area contributed by atoms with Crippen LogP contribution in [0.1, 0.15) is 15.9 Å². The molecule has 1 amide bonds. The summed E-state index contributed by atoms with van der Waals surface area (Å²) in [6.45, 7) is 1.23. The summed E-state index contributed by atoms with van der Waals surface area (Å²) in [4.78, 5) is 17.3. The number of rotatable bonds is 6. The van der Waals surface area contributed by atoms with Crippen LogP contribution in [0, 0.1) is 0 Å². The van der Waals surface area contributed by atoms with E-state index in [-0.39, 0.29) is 17.3 Å². The summed E-state index contributed by atoms with van der Waals surface area (Å²) in [6, 6.07) is 18.9. The van der Waals surface area contributed by atoms with Crippen molar-refractivity contribution in [3.63, 3.8) is 0 Å². The van der Waals surface area contributed by atoms with Crippen molar-refractivity contribution in [2.75, 3.05) is 25.6 Å². The number of aromatic nitrogens is 1. The molecule has 1 N–H and O–H groups in total. The predicted molar refractivity (Wildman–Crippen MR) is 130 cm³/mol. The normalized spacial score (nSPS) is 13.2. The third kappa shape index (κ3) is 4.47. The van der Waals surface area contributed by atoms with Gasteiger partial charge in [-0.3, -0.25) is 10.1 Å². The number of amides is 1. The third-order valence-corrected chi connectivity index (χ3v) is 8.10. The number of fused-ring (bicyclic) bond motifs is 2. The van der Waals surface area contributed by atoms with Crippen LogP contribution in [0.5, 0.6) is 11.5 Å². The first kappa shape index (κ1) is 22.3. The average molecular weight is 496 g/mol. The van der Waals surface area contributed by atoms with Crippen LogP contribution in [0.15, 0.2) is 71.6 Å². The van der Waals surface area contributed by atoms with E-state index in [2.05, 4.69) is 10.3 Å². The first-order chi connectivity index (χ1) is 16.4. The number of carbonyl (C=O) groups is 1. The van der Waals surface area contributed by atoms with Crippen LogP contribution in [-0.4, -0.2) is 43.9 Å². The van der Waals surface area contributed by atoms with Crippen LogP contribution in [0.3, 0.4) is 0 Å². The molecular formula is C24H21N3O5S2. The molecule has 2 heterocycles. The molecule has 0 atom stereocenters. The number of nitrogens with one attached hydrogen (secondary N) is 1. The average Bonchev–Trinajstić information content (AvgIpc) is 3.24. The molecule has 0 saturated carbocycles. The van der Waals surface area contributed by atoms with Crippen molar-refractivity contribution >= 4 is 42.6 Å². The van der Waals surface area contributed by atoms with Crippen molar-refractivity contribution in [3.05, 3.63) is 77.9 Å². The molecule has 10 heteroatoms. The number of thiazole rings is 1. The fraction of sp³-hybridized carbons (Fsp3) is 0.167. The lowest BCUT2D eigenvalue weighted by Gasteiger charge is -2.17. The highest BCUT2D eigenvalue weighted by Gasteiger charge is 2.22. The second-order valence-electron chi connectivity index (χ2n) is 7.71. The maximum atomic E-state index is 12.9. The Bertz CT molecular complexity index is 1410. The smallest absolute Gasteiger partial charge is 0.257 e. The molecule has 0 saturated heterocycles. The first-order valence-electron chi connectivity index (χ1n) is 10.5. The highest BCUT2D eigenvalue weighted by molar-refractivity contribution is 7.89. The van der Waals surface area contributed by atoms with E-state index in [0.29, 0.717) is 40.9 Å². The summed E-state index contributed by atoms with van der Waals surface area (Å²) in [5.74, 6) is 0.920. The Balaban J connectivity index is 1.30. The van der Waals surface area contributed by atoms with Crippen molar-refractivity contribution in [2.45, 2.75) is 11.4 Å². The van der Waals surface area contributed by atoms with E-state index in [4.69, 9.17) is 9.47 Å². The van der Waals surface area contributed by atoms with Crippen molar-refractivity contribution < 1.29 is 22.7 Å². The number of anilines is 1. The molecule has 0 bridgehead atoms. The van der Waals surface area contributed by atoms with Gasteiger partial charge in [0.1, 0.15) is 13.2 Å². The van der Waals surface area contributed by atoms with Crippen LogP contribution >= 0.6 is 11.3 Å². The topological polar surface area (TPSA) is 97.8 Å². The molecule has 1 aliphatic rings. The molecule has 1 aliphatic heterocycles. The molecule has 8 nitrogen and oxygen atoms in total. The molecule has 0 radical (unpaired) electrons. The molecule has 0 fully saturated rings. The van der Waals surface area contributed by atoms with Crippen molar-refractivity contribution in [2.24, 2.45) is 0 Å². The lowest BCUT2D eigenvalue weighted by Crippen LogP contribution is -2.26. The van der Waals surface area contributed by atoms with Gasteiger partial charge in [0.05, 0.1) is 15.1 Å². The van der Waals surface area contributed by atoms with Crippen LogP contribution in [0.4, 0.5) is 5.13 Å². The first-order valence-corrected chi connectivity index (χ1v) is 12.8. The zero-order valence-corrected chi connectivity index (χ0v) is 19.9. The predicted octanol–water partition coefficient (Wildman–Crippen LogP) is 4.14. The van der Waals surface area contributed by atoms with Crippen LogP contribution in [0.2, 0.25) is 0 Å². The Morgan fingerprint density at radius 3 is 2.41 bits per heavy atom. The highest BCUT2D eigenvalue weighted by atomic mass is 32.2. The van der Waals surface area contributed by atoms with Gasteiger partial charge in [-0.15, -0.1) is 0 Å². The molecule has 0 spiro atoms. The van der Waals surface area contributed by atoms with E-state index in [9.17, 15) is 13.2 Å². The van der Waals surface area contributed by atoms with E-state index in [0.717, 1.165) is 10.3 Å². The van der Waals surface area contributed by atoms with Gasteiger partial charge in [-0.1, -0.05) is 41.7 Å². The summed E-state index contributed by atoms with van der Waals surface area (Å²) in [5, 5.41) is 3.21. The number of nitrogens with zero attached hydrogens (tertiary/aromatic N) is 2. The van der Waals surface area contributed by atoms with Gasteiger partial charge < -0.3 is 9.47 Å². The molecule has 0 aliphatic carbocycles. The summed E-state index contributed by atoms with van der Waals surface area (Å²) in [5.41, 5.74) is 1.92. The van der Waals surface area contributed by atoms with E-state index in [1.807, 2.05) is 36.4 Å². The van der Waals surface area contributed by atoms with Gasteiger partial charge >= 0.3 is 0 Å². The number of carbonyl (C=O) groups excluding carboxylic acids is 1. The third-order valence-electron chi connectivity index (χ3n) is 5.35. The molecule has 174 valence electrons. The molecular weight excluding hydrogens is 474 g/mol. The minimum atomic E-state index is -3.70. The SMILES string of the molecule is CN(Cc1ccccc1)S(=O)(=O)c1ccc(C(=O)Nc2nc3cc4c(cc3s2)OCCO4)cc1. The maximum absolute atomic E-state index is 12.9. The molecule has 34 heavy (non-hydrogen) atoms. The van der Waals surface area contributed by atoms with Gasteiger partial charge in [-0.25, -0.2) is 13.4 Å². The van der Waals surface area contributed by atoms with Crippen molar-refractivity contribution in [1.29, 1.82) is 0 Å². The summed E-state index contributed by atoms with van der Waals surface area (Å²) < 4.78 is 39.1. The number of benzene rings is 3. The number of ether oxygens (including phenoxy) is 2. The Hall–Kier alpha value is -3.47. The fourth-order valence-corrected chi connectivity index (χ4v) is 5.60. The van der Waals surface area contributed by atoms with Gasteiger partial charge in [-0.05, 0) is 29.8 Å². The van der Waals surface area contributed by atoms with Crippen LogP contribution < -0.4 is 14.8 Å². The fourth-order valence-electron chi connectivity index (χ4n) is 3.57. The minimum Gasteiger partial charge on any atom is -0.486 e. The second kappa shape index (κ2) is 9.05. The Morgan fingerprint density at radius 2 is 1.71 bits per heavy atom. The molecule has 4 aromatic rings. The second-order valence-corrected chi connectivity index (χ2v) is 10.8. The Kier molecular flexibility index (Phi) is 5.94. The largest absolute Gasteiger partial charge is 0.486 e.